The van der Waals surface area contributed by atoms with E-state index in [0.29, 0.717) is 11.3 Å². The van der Waals surface area contributed by atoms with Crippen molar-refractivity contribution in [3.05, 3.63) is 169 Å². The van der Waals surface area contributed by atoms with E-state index in [1.54, 1.807) is 18.3 Å². The number of para-hydroxylation sites is 1. The summed E-state index contributed by atoms with van der Waals surface area (Å²) in [5.74, 6) is 0. The van der Waals surface area contributed by atoms with Crippen LogP contribution >= 0.6 is 0 Å². The molecular formula is C44H32IrN2O2-2. The van der Waals surface area contributed by atoms with Gasteiger partial charge in [-0.2, -0.15) is 0 Å². The number of fused-ring (bicyclic) bond motifs is 6. The molecule has 0 unspecified atom stereocenters. The third kappa shape index (κ3) is 5.97. The minimum absolute atomic E-state index is 0. The van der Waals surface area contributed by atoms with Crippen molar-refractivity contribution in [2.24, 2.45) is 0 Å². The number of benzene rings is 5. The van der Waals surface area contributed by atoms with Crippen LogP contribution in [0.4, 0.5) is 0 Å². The van der Waals surface area contributed by atoms with Gasteiger partial charge in [-0.1, -0.05) is 121 Å². The Morgan fingerprint density at radius 3 is 1.92 bits per heavy atom. The molecule has 0 spiro atoms. The van der Waals surface area contributed by atoms with Crippen molar-refractivity contribution in [2.75, 3.05) is 0 Å². The van der Waals surface area contributed by atoms with Gasteiger partial charge in [-0.15, -0.1) is 36.4 Å². The molecule has 0 amide bonds. The zero-order valence-corrected chi connectivity index (χ0v) is 29.2. The predicted molar refractivity (Wildman–Crippen MR) is 195 cm³/mol. The maximum atomic E-state index is 7.42. The summed E-state index contributed by atoms with van der Waals surface area (Å²) in [6, 6.07) is 48.4. The first kappa shape index (κ1) is 28.6. The second kappa shape index (κ2) is 13.3. The zero-order chi connectivity index (χ0) is 35.2. The smallest absolute Gasteiger partial charge is 0.121 e. The second-order valence-corrected chi connectivity index (χ2v) is 12.2. The fraction of sp³-hybridized carbons (Fsp3) is 0.0909. The Bertz CT molecular complexity index is 2650. The molecule has 49 heavy (non-hydrogen) atoms. The molecule has 5 heteroatoms. The Hall–Kier alpha value is -5.35. The number of pyridine rings is 2. The molecule has 0 N–H and O–H groups in total. The third-order valence-electron chi connectivity index (χ3n) is 8.93. The number of aromatic nitrogens is 2. The maximum Gasteiger partial charge on any atom is 0.121 e. The molecule has 0 aliphatic carbocycles. The fourth-order valence-corrected chi connectivity index (χ4v) is 6.28. The van der Waals surface area contributed by atoms with Crippen molar-refractivity contribution in [1.29, 1.82) is 0 Å². The Morgan fingerprint density at radius 2 is 1.24 bits per heavy atom. The summed E-state index contributed by atoms with van der Waals surface area (Å²) in [7, 11) is 0. The molecule has 4 nitrogen and oxygen atoms in total. The van der Waals surface area contributed by atoms with E-state index in [4.69, 9.17) is 12.9 Å². The normalized spacial score (nSPS) is 12.6. The Labute approximate surface area is 303 Å². The number of rotatable bonds is 4. The van der Waals surface area contributed by atoms with Gasteiger partial charge in [-0.05, 0) is 53.1 Å². The molecule has 9 rings (SSSR count). The molecule has 0 saturated carbocycles. The van der Waals surface area contributed by atoms with E-state index in [0.717, 1.165) is 55.1 Å². The van der Waals surface area contributed by atoms with Gasteiger partial charge in [0.15, 0.2) is 0 Å². The molecule has 5 aromatic carbocycles. The van der Waals surface area contributed by atoms with E-state index in [2.05, 4.69) is 90.5 Å². The van der Waals surface area contributed by atoms with Gasteiger partial charge in [0, 0.05) is 52.8 Å². The van der Waals surface area contributed by atoms with Gasteiger partial charge in [0.25, 0.3) is 0 Å². The van der Waals surface area contributed by atoms with Crippen molar-refractivity contribution in [3.8, 4) is 22.5 Å². The van der Waals surface area contributed by atoms with Gasteiger partial charge in [-0.25, -0.2) is 0 Å². The standard InChI is InChI=1S/C26H20NO.C18H12NO.Ir/c1-26(2,18-9-4-3-5-10-18)19-14-15-20-21-11-8-12-22(23-13-6-7-16-27-23)25(21)28-24(20)17-19;1-12-9-10-16(19-11-12)15-7-4-6-14-13-5-2-3-8-17(13)20-18(14)15;/h3-11,13-17H,1-2H3;2-6,8-11H,1H3;/q2*-1;/i;1D3;. The summed E-state index contributed by atoms with van der Waals surface area (Å²) in [6.07, 6.45) is 3.18. The van der Waals surface area contributed by atoms with Crippen LogP contribution in [0, 0.1) is 19.0 Å². The van der Waals surface area contributed by atoms with Crippen LogP contribution in [0.25, 0.3) is 66.4 Å². The maximum absolute atomic E-state index is 7.42. The zero-order valence-electron chi connectivity index (χ0n) is 29.8. The van der Waals surface area contributed by atoms with Crippen LogP contribution in [-0.4, -0.2) is 9.97 Å². The predicted octanol–water partition coefficient (Wildman–Crippen LogP) is 11.5. The van der Waals surface area contributed by atoms with Gasteiger partial charge in [-0.3, -0.25) is 0 Å². The van der Waals surface area contributed by atoms with Gasteiger partial charge in [0.1, 0.15) is 11.2 Å². The van der Waals surface area contributed by atoms with Crippen LogP contribution in [0.3, 0.4) is 0 Å². The first-order chi connectivity index (χ1) is 24.7. The van der Waals surface area contributed by atoms with Crippen LogP contribution in [-0.2, 0) is 25.5 Å². The Balaban J connectivity index is 0.000000162. The quantitative estimate of drug-likeness (QED) is 0.166. The molecule has 241 valence electrons. The summed E-state index contributed by atoms with van der Waals surface area (Å²) in [5, 5.41) is 4.25. The van der Waals surface area contributed by atoms with E-state index in [9.17, 15) is 0 Å². The molecule has 0 fully saturated rings. The number of hydrogen-bond acceptors (Lipinski definition) is 4. The minimum Gasteiger partial charge on any atom is -0.501 e. The summed E-state index contributed by atoms with van der Waals surface area (Å²) in [4.78, 5) is 8.76. The Kier molecular flexibility index (Phi) is 7.76. The number of furan rings is 2. The number of hydrogen-bond donors (Lipinski definition) is 0. The van der Waals surface area contributed by atoms with Crippen LogP contribution in [0.2, 0.25) is 0 Å². The average molecular weight is 816 g/mol. The van der Waals surface area contributed by atoms with Crippen molar-refractivity contribution in [3.63, 3.8) is 0 Å². The monoisotopic (exact) mass is 816 g/mol. The van der Waals surface area contributed by atoms with Crippen LogP contribution in [0.5, 0.6) is 0 Å². The van der Waals surface area contributed by atoms with Crippen molar-refractivity contribution in [1.82, 2.24) is 9.97 Å². The SMILES string of the molecule is CC(C)(c1ccccc1)c1ccc2c(c1)oc1c(-c3ccccn3)[c-]ccc12.[2H]C([2H])([2H])c1ccc(-c2[c-]ccc3c2oc2ccccc23)nc1.[Ir]. The summed E-state index contributed by atoms with van der Waals surface area (Å²) in [5.41, 5.74) is 9.03. The minimum atomic E-state index is -2.15. The van der Waals surface area contributed by atoms with Crippen molar-refractivity contribution in [2.45, 2.75) is 26.1 Å². The molecule has 0 atom stereocenters. The second-order valence-electron chi connectivity index (χ2n) is 12.2. The first-order valence-corrected chi connectivity index (χ1v) is 15.8. The summed E-state index contributed by atoms with van der Waals surface area (Å²) >= 11 is 0. The largest absolute Gasteiger partial charge is 0.501 e. The molecule has 9 aromatic rings. The topological polar surface area (TPSA) is 52.1 Å². The molecule has 0 aliphatic heterocycles. The van der Waals surface area contributed by atoms with E-state index in [1.165, 1.54) is 17.3 Å². The van der Waals surface area contributed by atoms with E-state index < -0.39 is 6.85 Å². The molecule has 0 bridgehead atoms. The van der Waals surface area contributed by atoms with E-state index in [1.807, 2.05) is 60.7 Å². The van der Waals surface area contributed by atoms with Gasteiger partial charge in [0.05, 0.1) is 11.2 Å². The molecular weight excluding hydrogens is 781 g/mol. The summed E-state index contributed by atoms with van der Waals surface area (Å²) < 4.78 is 34.5. The van der Waals surface area contributed by atoms with Gasteiger partial charge >= 0.3 is 0 Å². The van der Waals surface area contributed by atoms with Gasteiger partial charge < -0.3 is 18.8 Å². The van der Waals surface area contributed by atoms with Crippen LogP contribution in [0.1, 0.15) is 34.7 Å². The van der Waals surface area contributed by atoms with Crippen molar-refractivity contribution < 1.29 is 33.1 Å². The molecule has 4 heterocycles. The van der Waals surface area contributed by atoms with Crippen LogP contribution in [0.15, 0.2) is 149 Å². The molecule has 0 aliphatic rings. The Morgan fingerprint density at radius 1 is 0.592 bits per heavy atom. The van der Waals surface area contributed by atoms with Crippen molar-refractivity contribution >= 4 is 43.9 Å². The van der Waals surface area contributed by atoms with E-state index >= 15 is 0 Å². The molecule has 0 saturated heterocycles. The van der Waals surface area contributed by atoms with Gasteiger partial charge in [0.2, 0.25) is 0 Å². The molecule has 4 aromatic heterocycles. The number of aryl methyl sites for hydroxylation is 1. The summed E-state index contributed by atoms with van der Waals surface area (Å²) in [6.45, 7) is 2.35. The molecule has 1 radical (unpaired) electrons. The fourth-order valence-electron chi connectivity index (χ4n) is 6.28. The van der Waals surface area contributed by atoms with E-state index in [-0.39, 0.29) is 31.1 Å². The van der Waals surface area contributed by atoms with Crippen LogP contribution < -0.4 is 0 Å². The first-order valence-electron chi connectivity index (χ1n) is 17.3. The average Bonchev–Trinajstić information content (AvgIpc) is 3.74. The number of nitrogens with zero attached hydrogens (tertiary/aromatic N) is 2. The third-order valence-corrected chi connectivity index (χ3v) is 8.93.